The van der Waals surface area contributed by atoms with Gasteiger partial charge in [0, 0.05) is 22.8 Å². The highest BCUT2D eigenvalue weighted by molar-refractivity contribution is 9.10. The number of carbonyl (C=O) groups excluding carboxylic acids is 3. The van der Waals surface area contributed by atoms with Gasteiger partial charge in [-0.15, -0.1) is 0 Å². The average molecular weight is 377 g/mol. The first-order valence-electron chi connectivity index (χ1n) is 6.87. The molecule has 0 radical (unpaired) electrons. The average Bonchev–Trinajstić information content (AvgIpc) is 2.98. The summed E-state index contributed by atoms with van der Waals surface area (Å²) < 4.78 is 0.729. The summed E-state index contributed by atoms with van der Waals surface area (Å²) >= 11 is 3.22. The molecule has 1 aliphatic rings. The molecule has 0 saturated carbocycles. The number of anilines is 1. The van der Waals surface area contributed by atoms with E-state index in [9.17, 15) is 14.4 Å². The molecule has 23 heavy (non-hydrogen) atoms. The lowest BCUT2D eigenvalue weighted by Crippen LogP contribution is -2.45. The number of aromatic nitrogens is 1. The maximum absolute atomic E-state index is 12.3. The first kappa shape index (κ1) is 15.3. The Bertz CT molecular complexity index is 787. The van der Waals surface area contributed by atoms with Gasteiger partial charge < -0.3 is 10.3 Å². The Hall–Kier alpha value is -2.61. The summed E-state index contributed by atoms with van der Waals surface area (Å²) in [6.45, 7) is 0. The lowest BCUT2D eigenvalue weighted by Gasteiger charge is -2.24. The van der Waals surface area contributed by atoms with Gasteiger partial charge in [-0.25, -0.2) is 0 Å². The van der Waals surface area contributed by atoms with Gasteiger partial charge in [0.25, 0.3) is 5.91 Å². The number of amides is 3. The van der Waals surface area contributed by atoms with Crippen molar-refractivity contribution in [1.82, 2.24) is 15.8 Å². The summed E-state index contributed by atoms with van der Waals surface area (Å²) in [6, 6.07) is 8.69. The predicted octanol–water partition coefficient (Wildman–Crippen LogP) is 1.66. The molecule has 3 amide bonds. The minimum absolute atomic E-state index is 0.0345. The molecule has 1 aliphatic heterocycles. The van der Waals surface area contributed by atoms with Gasteiger partial charge in [-0.2, -0.15) is 0 Å². The largest absolute Gasteiger partial charge is 0.356 e. The molecular formula is C15H13BrN4O3. The highest BCUT2D eigenvalue weighted by atomic mass is 79.9. The molecule has 0 spiro atoms. The Morgan fingerprint density at radius 3 is 2.74 bits per heavy atom. The fraction of sp³-hybridized carbons (Fsp3) is 0.133. The summed E-state index contributed by atoms with van der Waals surface area (Å²) in [6.07, 6.45) is 1.64. The number of H-pyrrole nitrogens is 1. The van der Waals surface area contributed by atoms with Crippen molar-refractivity contribution in [3.8, 4) is 0 Å². The molecule has 0 aliphatic carbocycles. The molecule has 2 aromatic rings. The Morgan fingerprint density at radius 1 is 1.22 bits per heavy atom. The zero-order chi connectivity index (χ0) is 16.4. The fourth-order valence-electron chi connectivity index (χ4n) is 2.42. The molecule has 8 heteroatoms. The topological polar surface area (TPSA) is 103 Å². The highest BCUT2D eigenvalue weighted by Gasteiger charge is 2.30. The van der Waals surface area contributed by atoms with Crippen molar-refractivity contribution in [2.75, 3.05) is 5.32 Å². The van der Waals surface area contributed by atoms with Gasteiger partial charge in [0.15, 0.2) is 0 Å². The Labute approximate surface area is 139 Å². The van der Waals surface area contributed by atoms with Crippen molar-refractivity contribution in [1.29, 1.82) is 0 Å². The first-order valence-corrected chi connectivity index (χ1v) is 7.67. The molecule has 4 N–H and O–H groups in total. The first-order chi connectivity index (χ1) is 11.0. The quantitative estimate of drug-likeness (QED) is 0.599. The van der Waals surface area contributed by atoms with Crippen LogP contribution in [0.4, 0.5) is 5.69 Å². The number of hydrogen-bond acceptors (Lipinski definition) is 3. The number of hydrogen-bond donors (Lipinski definition) is 4. The van der Waals surface area contributed by atoms with Crippen LogP contribution < -0.4 is 16.2 Å². The molecule has 1 unspecified atom stereocenters. The van der Waals surface area contributed by atoms with Crippen LogP contribution in [0, 0.1) is 0 Å². The number of aromatic amines is 1. The van der Waals surface area contributed by atoms with Crippen LogP contribution in [0.25, 0.3) is 0 Å². The maximum atomic E-state index is 12.3. The standard InChI is InChI=1S/C15H13BrN4O3/c16-8-5-12(17-7-8)15(23)20-19-14(22)10-6-13(21)18-11-4-2-1-3-9(10)11/h1-5,7,10,17H,6H2,(H,18,21)(H,19,22)(H,20,23). The Balaban J connectivity index is 1.69. The second-order valence-electron chi connectivity index (χ2n) is 5.07. The van der Waals surface area contributed by atoms with Gasteiger partial charge in [-0.1, -0.05) is 18.2 Å². The maximum Gasteiger partial charge on any atom is 0.286 e. The number of fused-ring (bicyclic) bond motifs is 1. The Morgan fingerprint density at radius 2 is 2.00 bits per heavy atom. The van der Waals surface area contributed by atoms with Crippen LogP contribution in [0.3, 0.4) is 0 Å². The molecule has 0 saturated heterocycles. The summed E-state index contributed by atoms with van der Waals surface area (Å²) in [5.41, 5.74) is 6.34. The third-order valence-corrected chi connectivity index (χ3v) is 3.97. The van der Waals surface area contributed by atoms with Gasteiger partial charge in [0.2, 0.25) is 11.8 Å². The number of rotatable bonds is 2. The number of para-hydroxylation sites is 1. The van der Waals surface area contributed by atoms with E-state index in [1.807, 2.05) is 0 Å². The van der Waals surface area contributed by atoms with Gasteiger partial charge >= 0.3 is 0 Å². The molecule has 0 bridgehead atoms. The number of carbonyl (C=O) groups is 3. The van der Waals surface area contributed by atoms with Crippen LogP contribution in [0.5, 0.6) is 0 Å². The molecular weight excluding hydrogens is 364 g/mol. The van der Waals surface area contributed by atoms with Crippen molar-refractivity contribution in [3.63, 3.8) is 0 Å². The molecule has 1 aromatic carbocycles. The highest BCUT2D eigenvalue weighted by Crippen LogP contribution is 2.31. The lowest BCUT2D eigenvalue weighted by molar-refractivity contribution is -0.126. The van der Waals surface area contributed by atoms with Crippen LogP contribution in [0.15, 0.2) is 41.0 Å². The molecule has 3 rings (SSSR count). The third-order valence-electron chi connectivity index (χ3n) is 3.51. The fourth-order valence-corrected chi connectivity index (χ4v) is 2.76. The summed E-state index contributed by atoms with van der Waals surface area (Å²) in [5, 5.41) is 2.72. The van der Waals surface area contributed by atoms with E-state index in [-0.39, 0.29) is 12.3 Å². The molecule has 0 fully saturated rings. The van der Waals surface area contributed by atoms with Crippen LogP contribution in [-0.2, 0) is 9.59 Å². The van der Waals surface area contributed by atoms with Gasteiger partial charge in [-0.05, 0) is 33.6 Å². The number of benzene rings is 1. The minimum atomic E-state index is -0.643. The van der Waals surface area contributed by atoms with Gasteiger partial charge in [0.05, 0.1) is 5.92 Å². The van der Waals surface area contributed by atoms with Crippen molar-refractivity contribution < 1.29 is 14.4 Å². The SMILES string of the molecule is O=C1CC(C(=O)NNC(=O)c2cc(Br)c[nH]2)c2ccccc2N1. The van der Waals surface area contributed by atoms with E-state index in [0.29, 0.717) is 11.4 Å². The number of halogens is 1. The van der Waals surface area contributed by atoms with E-state index >= 15 is 0 Å². The monoisotopic (exact) mass is 376 g/mol. The summed E-state index contributed by atoms with van der Waals surface area (Å²) in [4.78, 5) is 38.7. The van der Waals surface area contributed by atoms with Gasteiger partial charge in [0.1, 0.15) is 5.69 Å². The zero-order valence-electron chi connectivity index (χ0n) is 11.9. The van der Waals surface area contributed by atoms with E-state index in [0.717, 1.165) is 10.0 Å². The number of nitrogens with one attached hydrogen (secondary N) is 4. The minimum Gasteiger partial charge on any atom is -0.356 e. The van der Waals surface area contributed by atoms with Crippen LogP contribution in [-0.4, -0.2) is 22.7 Å². The van der Waals surface area contributed by atoms with Crippen molar-refractivity contribution in [2.45, 2.75) is 12.3 Å². The zero-order valence-corrected chi connectivity index (χ0v) is 13.4. The number of hydrazine groups is 1. The molecule has 118 valence electrons. The van der Waals surface area contributed by atoms with Crippen molar-refractivity contribution in [3.05, 3.63) is 52.3 Å². The smallest absolute Gasteiger partial charge is 0.286 e. The van der Waals surface area contributed by atoms with Crippen molar-refractivity contribution >= 4 is 39.3 Å². The van der Waals surface area contributed by atoms with Gasteiger partial charge in [-0.3, -0.25) is 25.2 Å². The predicted molar refractivity (Wildman–Crippen MR) is 86.5 cm³/mol. The second-order valence-corrected chi connectivity index (χ2v) is 5.98. The molecule has 1 aromatic heterocycles. The Kier molecular flexibility index (Phi) is 4.16. The molecule has 1 atom stereocenters. The second kappa shape index (κ2) is 6.25. The van der Waals surface area contributed by atoms with Crippen LogP contribution in [0.2, 0.25) is 0 Å². The van der Waals surface area contributed by atoms with E-state index in [2.05, 4.69) is 37.1 Å². The lowest BCUT2D eigenvalue weighted by atomic mass is 9.90. The van der Waals surface area contributed by atoms with Crippen LogP contribution in [0.1, 0.15) is 28.4 Å². The van der Waals surface area contributed by atoms with Crippen LogP contribution >= 0.6 is 15.9 Å². The van der Waals surface area contributed by atoms with E-state index < -0.39 is 17.7 Å². The third kappa shape index (κ3) is 3.26. The summed E-state index contributed by atoms with van der Waals surface area (Å²) in [5.74, 6) is -1.79. The van der Waals surface area contributed by atoms with E-state index in [1.165, 1.54) is 0 Å². The van der Waals surface area contributed by atoms with E-state index in [4.69, 9.17) is 0 Å². The summed E-state index contributed by atoms with van der Waals surface area (Å²) in [7, 11) is 0. The molecule has 7 nitrogen and oxygen atoms in total. The normalized spacial score (nSPS) is 16.2. The van der Waals surface area contributed by atoms with E-state index in [1.54, 1.807) is 36.5 Å². The molecule has 2 heterocycles. The van der Waals surface area contributed by atoms with Crippen molar-refractivity contribution in [2.24, 2.45) is 0 Å².